The zero-order chi connectivity index (χ0) is 15.1. The number of Topliss-reactive ketones (excluding diaryl/α,β-unsaturated/α-hetero) is 1. The summed E-state index contributed by atoms with van der Waals surface area (Å²) in [4.78, 5) is 12.4. The molecule has 4 nitrogen and oxygen atoms in total. The highest BCUT2D eigenvalue weighted by Gasteiger charge is 2.30. The number of halogens is 1. The van der Waals surface area contributed by atoms with Gasteiger partial charge in [0.1, 0.15) is 0 Å². The van der Waals surface area contributed by atoms with Crippen LogP contribution in [-0.2, 0) is 10.0 Å². The quantitative estimate of drug-likeness (QED) is 0.869. The molecule has 0 unspecified atom stereocenters. The number of ketones is 1. The van der Waals surface area contributed by atoms with Crippen molar-refractivity contribution in [2.24, 2.45) is 5.41 Å². The first-order chi connectivity index (χ1) is 9.11. The van der Waals surface area contributed by atoms with Gasteiger partial charge in [-0.2, -0.15) is 0 Å². The second kappa shape index (κ2) is 5.13. The van der Waals surface area contributed by atoms with Crippen LogP contribution in [0, 0.1) is 5.41 Å². The molecule has 0 heterocycles. The molecular weight excluding hydrogens is 298 g/mol. The molecule has 0 aliphatic heterocycles. The van der Waals surface area contributed by atoms with Gasteiger partial charge in [-0.05, 0) is 31.0 Å². The molecule has 0 bridgehead atoms. The molecule has 1 aromatic carbocycles. The first kappa shape index (κ1) is 15.5. The van der Waals surface area contributed by atoms with Gasteiger partial charge in [0, 0.05) is 17.0 Å². The van der Waals surface area contributed by atoms with Crippen LogP contribution in [-0.4, -0.2) is 20.2 Å². The number of hydrogen-bond donors (Lipinski definition) is 1. The summed E-state index contributed by atoms with van der Waals surface area (Å²) < 4.78 is 26.9. The Labute approximate surface area is 124 Å². The molecule has 1 fully saturated rings. The minimum absolute atomic E-state index is 0.0254. The standard InChI is InChI=1S/C14H18ClNO3S/c1-14(2,3)13(17)11-8-10(6-7-12(11)15)20(18,19)16-9-4-5-9/h6-9,16H,4-5H2,1-3H3. The molecule has 1 aromatic rings. The summed E-state index contributed by atoms with van der Waals surface area (Å²) in [6, 6.07) is 4.27. The maximum absolute atomic E-state index is 12.3. The van der Waals surface area contributed by atoms with E-state index < -0.39 is 15.4 Å². The van der Waals surface area contributed by atoms with Gasteiger partial charge in [0.15, 0.2) is 5.78 Å². The topological polar surface area (TPSA) is 63.2 Å². The van der Waals surface area contributed by atoms with Gasteiger partial charge in [0.05, 0.1) is 9.92 Å². The summed E-state index contributed by atoms with van der Waals surface area (Å²) in [6.45, 7) is 5.32. The molecular formula is C14H18ClNO3S. The molecule has 0 atom stereocenters. The van der Waals surface area contributed by atoms with E-state index in [1.54, 1.807) is 20.8 Å². The molecule has 0 saturated heterocycles. The van der Waals surface area contributed by atoms with Crippen molar-refractivity contribution in [1.29, 1.82) is 0 Å². The van der Waals surface area contributed by atoms with Crippen molar-refractivity contribution in [1.82, 2.24) is 4.72 Å². The van der Waals surface area contributed by atoms with E-state index in [4.69, 9.17) is 11.6 Å². The summed E-state index contributed by atoms with van der Waals surface area (Å²) in [6.07, 6.45) is 1.72. The van der Waals surface area contributed by atoms with Gasteiger partial charge in [-0.25, -0.2) is 13.1 Å². The average molecular weight is 316 g/mol. The van der Waals surface area contributed by atoms with E-state index in [1.165, 1.54) is 18.2 Å². The Hall–Kier alpha value is -0.910. The summed E-state index contributed by atoms with van der Waals surface area (Å²) >= 11 is 6.03. The Balaban J connectivity index is 2.40. The summed E-state index contributed by atoms with van der Waals surface area (Å²) in [5.41, 5.74) is -0.367. The normalized spacial score (nSPS) is 16.2. The van der Waals surface area contributed by atoms with Crippen molar-refractivity contribution in [3.63, 3.8) is 0 Å². The van der Waals surface area contributed by atoms with Gasteiger partial charge in [-0.1, -0.05) is 32.4 Å². The summed E-state index contributed by atoms with van der Waals surface area (Å²) in [5, 5.41) is 0.273. The summed E-state index contributed by atoms with van der Waals surface area (Å²) in [7, 11) is -3.58. The molecule has 1 aliphatic carbocycles. The Kier molecular flexibility index (Phi) is 3.97. The second-order valence-corrected chi connectivity index (χ2v) is 8.24. The van der Waals surface area contributed by atoms with Crippen LogP contribution in [0.1, 0.15) is 44.0 Å². The first-order valence-electron chi connectivity index (χ1n) is 6.48. The number of sulfonamides is 1. The molecule has 0 spiro atoms. The molecule has 2 rings (SSSR count). The van der Waals surface area contributed by atoms with Crippen LogP contribution in [0.15, 0.2) is 23.1 Å². The lowest BCUT2D eigenvalue weighted by Gasteiger charge is -2.18. The van der Waals surface area contributed by atoms with Crippen LogP contribution < -0.4 is 4.72 Å². The molecule has 0 amide bonds. The van der Waals surface area contributed by atoms with Gasteiger partial charge in [0.25, 0.3) is 0 Å². The third kappa shape index (κ3) is 3.40. The van der Waals surface area contributed by atoms with Crippen molar-refractivity contribution in [2.75, 3.05) is 0 Å². The van der Waals surface area contributed by atoms with Crippen LogP contribution in [0.5, 0.6) is 0 Å². The molecule has 20 heavy (non-hydrogen) atoms. The molecule has 1 N–H and O–H groups in total. The van der Waals surface area contributed by atoms with Crippen molar-refractivity contribution in [2.45, 2.75) is 44.6 Å². The third-order valence-electron chi connectivity index (χ3n) is 3.07. The lowest BCUT2D eigenvalue weighted by Crippen LogP contribution is -2.26. The van der Waals surface area contributed by atoms with E-state index in [2.05, 4.69) is 4.72 Å². The van der Waals surface area contributed by atoms with Crippen molar-refractivity contribution >= 4 is 27.4 Å². The second-order valence-electron chi connectivity index (χ2n) is 6.12. The van der Waals surface area contributed by atoms with E-state index in [0.717, 1.165) is 12.8 Å². The molecule has 1 saturated carbocycles. The van der Waals surface area contributed by atoms with E-state index in [0.29, 0.717) is 0 Å². The van der Waals surface area contributed by atoms with Crippen LogP contribution in [0.2, 0.25) is 5.02 Å². The van der Waals surface area contributed by atoms with E-state index in [1.807, 2.05) is 0 Å². The molecule has 1 aliphatic rings. The number of hydrogen-bond acceptors (Lipinski definition) is 3. The number of rotatable bonds is 4. The fourth-order valence-electron chi connectivity index (χ4n) is 1.74. The molecule has 0 radical (unpaired) electrons. The number of benzene rings is 1. The maximum Gasteiger partial charge on any atom is 0.240 e. The Morgan fingerprint density at radius 3 is 2.40 bits per heavy atom. The van der Waals surface area contributed by atoms with Gasteiger partial charge < -0.3 is 0 Å². The van der Waals surface area contributed by atoms with Crippen LogP contribution in [0.25, 0.3) is 0 Å². The van der Waals surface area contributed by atoms with Crippen LogP contribution >= 0.6 is 11.6 Å². The predicted molar refractivity (Wildman–Crippen MR) is 78.6 cm³/mol. The number of carbonyl (C=O) groups is 1. The number of nitrogens with one attached hydrogen (secondary N) is 1. The SMILES string of the molecule is CC(C)(C)C(=O)c1cc(S(=O)(=O)NC2CC2)ccc1Cl. The third-order valence-corrected chi connectivity index (χ3v) is 4.92. The van der Waals surface area contributed by atoms with Crippen molar-refractivity contribution < 1.29 is 13.2 Å². The Bertz CT molecular complexity index is 643. The summed E-state index contributed by atoms with van der Waals surface area (Å²) in [5.74, 6) is -0.175. The zero-order valence-corrected chi connectivity index (χ0v) is 13.3. The highest BCUT2D eigenvalue weighted by molar-refractivity contribution is 7.89. The largest absolute Gasteiger partial charge is 0.294 e. The lowest BCUT2D eigenvalue weighted by molar-refractivity contribution is 0.0858. The van der Waals surface area contributed by atoms with E-state index in [-0.39, 0.29) is 27.3 Å². The van der Waals surface area contributed by atoms with Gasteiger partial charge in [-0.15, -0.1) is 0 Å². The Morgan fingerprint density at radius 1 is 1.30 bits per heavy atom. The monoisotopic (exact) mass is 315 g/mol. The predicted octanol–water partition coefficient (Wildman–Crippen LogP) is 3.01. The number of carbonyl (C=O) groups excluding carboxylic acids is 1. The minimum Gasteiger partial charge on any atom is -0.294 e. The highest BCUT2D eigenvalue weighted by Crippen LogP contribution is 2.29. The fourth-order valence-corrected chi connectivity index (χ4v) is 3.27. The van der Waals surface area contributed by atoms with E-state index >= 15 is 0 Å². The van der Waals surface area contributed by atoms with Crippen molar-refractivity contribution in [3.05, 3.63) is 28.8 Å². The van der Waals surface area contributed by atoms with Gasteiger partial charge in [0.2, 0.25) is 10.0 Å². The van der Waals surface area contributed by atoms with Crippen LogP contribution in [0.4, 0.5) is 0 Å². The molecule has 110 valence electrons. The van der Waals surface area contributed by atoms with Gasteiger partial charge in [-0.3, -0.25) is 4.79 Å². The average Bonchev–Trinajstić information content (AvgIpc) is 3.10. The van der Waals surface area contributed by atoms with Crippen LogP contribution in [0.3, 0.4) is 0 Å². The maximum atomic E-state index is 12.3. The smallest absolute Gasteiger partial charge is 0.240 e. The Morgan fingerprint density at radius 2 is 1.90 bits per heavy atom. The van der Waals surface area contributed by atoms with E-state index in [9.17, 15) is 13.2 Å². The first-order valence-corrected chi connectivity index (χ1v) is 8.34. The zero-order valence-electron chi connectivity index (χ0n) is 11.7. The van der Waals surface area contributed by atoms with Crippen molar-refractivity contribution in [3.8, 4) is 0 Å². The van der Waals surface area contributed by atoms with Gasteiger partial charge >= 0.3 is 0 Å². The fraction of sp³-hybridized carbons (Fsp3) is 0.500. The lowest BCUT2D eigenvalue weighted by atomic mass is 9.86. The highest BCUT2D eigenvalue weighted by atomic mass is 35.5. The minimum atomic E-state index is -3.58. The molecule has 6 heteroatoms. The molecule has 0 aromatic heterocycles.